The summed E-state index contributed by atoms with van der Waals surface area (Å²) < 4.78 is 5.55. The van der Waals surface area contributed by atoms with Gasteiger partial charge in [-0.1, -0.05) is 112 Å². The molecule has 2 unspecified atom stereocenters. The lowest BCUT2D eigenvalue weighted by Gasteiger charge is -2.17. The molecule has 1 heterocycles. The molecule has 1 aromatic heterocycles. The Labute approximate surface area is 267 Å². The minimum Gasteiger partial charge on any atom is -0.494 e. The van der Waals surface area contributed by atoms with Gasteiger partial charge in [0.15, 0.2) is 5.82 Å². The van der Waals surface area contributed by atoms with E-state index in [1.165, 1.54) is 0 Å². The number of ether oxygens (including phenoxy) is 1. The molecule has 10 heteroatoms. The number of rotatable bonds is 6. The molecular weight excluding hydrogens is 643 g/mol. The molecule has 0 fully saturated rings. The van der Waals surface area contributed by atoms with Gasteiger partial charge >= 0.3 is 0 Å². The van der Waals surface area contributed by atoms with Crippen LogP contribution in [0.15, 0.2) is 70.7 Å². The topological polar surface area (TPSA) is 47.9 Å². The van der Waals surface area contributed by atoms with Gasteiger partial charge in [0, 0.05) is 21.2 Å². The molecule has 206 valence electrons. The second-order valence-electron chi connectivity index (χ2n) is 9.34. The Morgan fingerprint density at radius 1 is 0.659 bits per heavy atom. The number of halogens is 6. The fourth-order valence-corrected chi connectivity index (χ4v) is 6.98. The summed E-state index contributed by atoms with van der Waals surface area (Å²) in [7, 11) is 0. The largest absolute Gasteiger partial charge is 0.494 e. The van der Waals surface area contributed by atoms with E-state index in [0.29, 0.717) is 65.4 Å². The predicted octanol–water partition coefficient (Wildman–Crippen LogP) is 10.3. The van der Waals surface area contributed by atoms with Crippen LogP contribution in [0.2, 0.25) is 10.0 Å². The molecule has 4 nitrogen and oxygen atoms in total. The second-order valence-corrected chi connectivity index (χ2v) is 11.7. The van der Waals surface area contributed by atoms with E-state index in [-0.39, 0.29) is 0 Å². The van der Waals surface area contributed by atoms with Crippen LogP contribution in [0.1, 0.15) is 64.1 Å². The molecule has 4 aromatic rings. The molecular formula is C31H19Cl6N3O. The molecule has 0 bridgehead atoms. The average Bonchev–Trinajstić information content (AvgIpc) is 3.38. The standard InChI is InChI=1S/C31H19Cl6N3O/c1-2-41-16-12-9-15(10-13-16)11-14-21-38-30(24-17-5-3-7-19(32)22(17)26(34)28(24)36)40-31(39-21)25-18-6-4-8-20(33)23(18)27(35)29(25)37/h3-14,24-25H,2H2,1H3. The van der Waals surface area contributed by atoms with Gasteiger partial charge in [-0.15, -0.1) is 0 Å². The number of nitrogens with zero attached hydrogens (tertiary/aromatic N) is 3. The third-order valence-corrected chi connectivity index (χ3v) is 9.32. The van der Waals surface area contributed by atoms with Gasteiger partial charge in [-0.05, 0) is 54.0 Å². The molecule has 0 saturated heterocycles. The number of hydrogen-bond donors (Lipinski definition) is 0. The van der Waals surface area contributed by atoms with Crippen molar-refractivity contribution in [3.8, 4) is 5.75 Å². The van der Waals surface area contributed by atoms with Crippen molar-refractivity contribution in [1.29, 1.82) is 0 Å². The van der Waals surface area contributed by atoms with Crippen molar-refractivity contribution < 1.29 is 4.74 Å². The molecule has 0 spiro atoms. The zero-order valence-corrected chi connectivity index (χ0v) is 25.8. The Morgan fingerprint density at radius 3 is 1.66 bits per heavy atom. The maximum absolute atomic E-state index is 6.82. The van der Waals surface area contributed by atoms with Gasteiger partial charge in [-0.3, -0.25) is 0 Å². The zero-order valence-electron chi connectivity index (χ0n) is 21.3. The third kappa shape index (κ3) is 5.16. The molecule has 0 N–H and O–H groups in total. The first-order valence-electron chi connectivity index (χ1n) is 12.6. The van der Waals surface area contributed by atoms with E-state index in [4.69, 9.17) is 89.3 Å². The first-order chi connectivity index (χ1) is 19.8. The number of allylic oxidation sites excluding steroid dienone is 2. The lowest BCUT2D eigenvalue weighted by molar-refractivity contribution is 0.340. The molecule has 0 saturated carbocycles. The van der Waals surface area contributed by atoms with Gasteiger partial charge in [0.1, 0.15) is 17.4 Å². The summed E-state index contributed by atoms with van der Waals surface area (Å²) in [4.78, 5) is 14.5. The number of benzene rings is 3. The fraction of sp³-hybridized carbons (Fsp3) is 0.129. The van der Waals surface area contributed by atoms with Gasteiger partial charge in [-0.2, -0.15) is 0 Å². The van der Waals surface area contributed by atoms with Crippen LogP contribution in [0, 0.1) is 0 Å². The van der Waals surface area contributed by atoms with Crippen molar-refractivity contribution in [3.05, 3.63) is 126 Å². The maximum atomic E-state index is 6.82. The van der Waals surface area contributed by atoms with Crippen molar-refractivity contribution in [2.45, 2.75) is 18.8 Å². The highest BCUT2D eigenvalue weighted by Crippen LogP contribution is 2.52. The zero-order chi connectivity index (χ0) is 28.8. The highest BCUT2D eigenvalue weighted by atomic mass is 35.5. The van der Waals surface area contributed by atoms with E-state index in [1.807, 2.05) is 67.6 Å². The third-order valence-electron chi connectivity index (χ3n) is 6.90. The van der Waals surface area contributed by atoms with E-state index < -0.39 is 11.8 Å². The molecule has 2 atom stereocenters. The predicted molar refractivity (Wildman–Crippen MR) is 170 cm³/mol. The minimum atomic E-state index is -0.546. The van der Waals surface area contributed by atoms with Gasteiger partial charge in [0.2, 0.25) is 0 Å². The first-order valence-corrected chi connectivity index (χ1v) is 14.9. The van der Waals surface area contributed by atoms with Gasteiger partial charge < -0.3 is 4.74 Å². The summed E-state index contributed by atoms with van der Waals surface area (Å²) in [5.41, 5.74) is 3.88. The number of hydrogen-bond acceptors (Lipinski definition) is 4. The Hall–Kier alpha value is -2.57. The summed E-state index contributed by atoms with van der Waals surface area (Å²) in [5, 5.41) is 2.48. The monoisotopic (exact) mass is 659 g/mol. The summed E-state index contributed by atoms with van der Waals surface area (Å²) in [5.74, 6) is 0.920. The van der Waals surface area contributed by atoms with Crippen LogP contribution in [-0.4, -0.2) is 21.6 Å². The summed E-state index contributed by atoms with van der Waals surface area (Å²) in [6.45, 7) is 2.54. The van der Waals surface area contributed by atoms with E-state index >= 15 is 0 Å². The van der Waals surface area contributed by atoms with Crippen LogP contribution in [-0.2, 0) is 0 Å². The van der Waals surface area contributed by atoms with Gasteiger partial charge in [0.25, 0.3) is 0 Å². The van der Waals surface area contributed by atoms with Crippen molar-refractivity contribution in [2.75, 3.05) is 6.61 Å². The van der Waals surface area contributed by atoms with Crippen LogP contribution >= 0.6 is 69.6 Å². The quantitative estimate of drug-likeness (QED) is 0.206. The second kappa shape index (κ2) is 11.6. The molecule has 3 aromatic carbocycles. The van der Waals surface area contributed by atoms with Crippen LogP contribution < -0.4 is 4.74 Å². The highest BCUT2D eigenvalue weighted by molar-refractivity contribution is 6.58. The molecule has 2 aliphatic carbocycles. The SMILES string of the molecule is CCOc1ccc(C=Cc2nc(C3C(Cl)=C(Cl)c4c(Cl)cccc43)nc(C3C(Cl)=C(Cl)c4c(Cl)cccc43)n2)cc1. The molecule has 0 radical (unpaired) electrons. The molecule has 41 heavy (non-hydrogen) atoms. The number of fused-ring (bicyclic) bond motifs is 2. The summed E-state index contributed by atoms with van der Waals surface area (Å²) in [6, 6.07) is 18.8. The summed E-state index contributed by atoms with van der Waals surface area (Å²) in [6.07, 6.45) is 3.72. The highest BCUT2D eigenvalue weighted by Gasteiger charge is 2.38. The van der Waals surface area contributed by atoms with Crippen molar-refractivity contribution in [2.24, 2.45) is 0 Å². The van der Waals surface area contributed by atoms with E-state index in [9.17, 15) is 0 Å². The Balaban J connectivity index is 1.50. The average molecular weight is 662 g/mol. The van der Waals surface area contributed by atoms with Crippen molar-refractivity contribution in [1.82, 2.24) is 15.0 Å². The van der Waals surface area contributed by atoms with E-state index in [0.717, 1.165) is 22.4 Å². The van der Waals surface area contributed by atoms with E-state index in [2.05, 4.69) is 0 Å². The first kappa shape index (κ1) is 28.5. The molecule has 6 rings (SSSR count). The van der Waals surface area contributed by atoms with Crippen LogP contribution in [0.5, 0.6) is 5.75 Å². The Morgan fingerprint density at radius 2 is 1.17 bits per heavy atom. The molecule has 0 amide bonds. The van der Waals surface area contributed by atoms with Gasteiger partial charge in [-0.25, -0.2) is 15.0 Å². The molecule has 0 aliphatic heterocycles. The van der Waals surface area contributed by atoms with Crippen LogP contribution in [0.25, 0.3) is 22.2 Å². The smallest absolute Gasteiger partial charge is 0.156 e. The summed E-state index contributed by atoms with van der Waals surface area (Å²) >= 11 is 40.0. The number of aromatic nitrogens is 3. The van der Waals surface area contributed by atoms with Gasteiger partial charge in [0.05, 0.1) is 38.6 Å². The molecule has 2 aliphatic rings. The lowest BCUT2D eigenvalue weighted by Crippen LogP contribution is -2.14. The van der Waals surface area contributed by atoms with Crippen LogP contribution in [0.4, 0.5) is 0 Å². The van der Waals surface area contributed by atoms with Crippen molar-refractivity contribution >= 4 is 91.8 Å². The van der Waals surface area contributed by atoms with Crippen LogP contribution in [0.3, 0.4) is 0 Å². The minimum absolute atomic E-state index is 0.365. The maximum Gasteiger partial charge on any atom is 0.156 e. The fourth-order valence-electron chi connectivity index (χ4n) is 5.07. The Kier molecular flexibility index (Phi) is 8.08. The lowest BCUT2D eigenvalue weighted by atomic mass is 9.98. The normalized spacial score (nSPS) is 17.9. The van der Waals surface area contributed by atoms with E-state index in [1.54, 1.807) is 12.1 Å². The van der Waals surface area contributed by atoms with Crippen molar-refractivity contribution in [3.63, 3.8) is 0 Å². The Bertz CT molecular complexity index is 1680.